The molecule has 0 radical (unpaired) electrons. The Hall–Kier alpha value is -0.160. The first kappa shape index (κ1) is 16.9. The van der Waals surface area contributed by atoms with E-state index >= 15 is 0 Å². The van der Waals surface area contributed by atoms with Crippen molar-refractivity contribution in [2.24, 2.45) is 0 Å². The molecule has 4 nitrogen and oxygen atoms in total. The number of nitrogens with zero attached hydrogens (tertiary/aromatic N) is 1. The van der Waals surface area contributed by atoms with E-state index in [0.29, 0.717) is 12.1 Å². The molecule has 1 unspecified atom stereocenters. The lowest BCUT2D eigenvalue weighted by Crippen LogP contribution is -2.46. The molecule has 19 heavy (non-hydrogen) atoms. The maximum atomic E-state index is 5.66. The minimum Gasteiger partial charge on any atom is -0.385 e. The van der Waals surface area contributed by atoms with Gasteiger partial charge < -0.3 is 14.8 Å². The number of piperidine rings is 1. The minimum atomic E-state index is 0.589. The third-order valence-corrected chi connectivity index (χ3v) is 3.76. The number of ether oxygens (including phenoxy) is 2. The van der Waals surface area contributed by atoms with Crippen LogP contribution in [0, 0.1) is 0 Å². The van der Waals surface area contributed by atoms with Gasteiger partial charge in [0.1, 0.15) is 0 Å². The van der Waals surface area contributed by atoms with E-state index in [1.807, 2.05) is 0 Å². The number of nitrogens with one attached hydrogen (secondary N) is 1. The minimum absolute atomic E-state index is 0.589. The van der Waals surface area contributed by atoms with Crippen molar-refractivity contribution < 1.29 is 9.47 Å². The van der Waals surface area contributed by atoms with Gasteiger partial charge in [0.2, 0.25) is 0 Å². The Bertz CT molecular complexity index is 206. The van der Waals surface area contributed by atoms with Gasteiger partial charge >= 0.3 is 0 Å². The van der Waals surface area contributed by atoms with E-state index in [9.17, 15) is 0 Å². The molecule has 0 aromatic rings. The van der Waals surface area contributed by atoms with Crippen molar-refractivity contribution in [1.82, 2.24) is 10.2 Å². The summed E-state index contributed by atoms with van der Waals surface area (Å²) in [5, 5.41) is 3.62. The van der Waals surface area contributed by atoms with Crippen molar-refractivity contribution in [3.8, 4) is 0 Å². The van der Waals surface area contributed by atoms with Crippen LogP contribution in [0.15, 0.2) is 0 Å². The second kappa shape index (κ2) is 10.6. The summed E-state index contributed by atoms with van der Waals surface area (Å²) in [6.07, 6.45) is 5.01. The van der Waals surface area contributed by atoms with E-state index in [1.54, 1.807) is 7.11 Å². The van der Waals surface area contributed by atoms with Crippen molar-refractivity contribution in [3.05, 3.63) is 0 Å². The molecule has 0 aliphatic carbocycles. The maximum Gasteiger partial charge on any atom is 0.0593 e. The van der Waals surface area contributed by atoms with E-state index in [2.05, 4.69) is 24.1 Å². The van der Waals surface area contributed by atoms with Crippen molar-refractivity contribution in [2.45, 2.75) is 51.6 Å². The standard InChI is InChI=1S/C15H32N2O2/c1-14(2)17(9-12-19-11-6-10-18-3)13-15-7-4-5-8-16-15/h14-16H,4-13H2,1-3H3. The topological polar surface area (TPSA) is 33.7 Å². The van der Waals surface area contributed by atoms with Crippen LogP contribution < -0.4 is 5.32 Å². The number of hydrogen-bond acceptors (Lipinski definition) is 4. The monoisotopic (exact) mass is 272 g/mol. The van der Waals surface area contributed by atoms with E-state index in [0.717, 1.165) is 39.3 Å². The highest BCUT2D eigenvalue weighted by atomic mass is 16.5. The molecular formula is C15H32N2O2. The predicted molar refractivity (Wildman–Crippen MR) is 79.7 cm³/mol. The first-order chi connectivity index (χ1) is 9.24. The first-order valence-corrected chi connectivity index (χ1v) is 7.78. The summed E-state index contributed by atoms with van der Waals surface area (Å²) < 4.78 is 10.7. The van der Waals surface area contributed by atoms with Gasteiger partial charge in [0.05, 0.1) is 6.61 Å². The summed E-state index contributed by atoms with van der Waals surface area (Å²) in [6.45, 7) is 10.3. The second-order valence-electron chi connectivity index (χ2n) is 5.69. The Morgan fingerprint density at radius 2 is 2.05 bits per heavy atom. The summed E-state index contributed by atoms with van der Waals surface area (Å²) in [5.74, 6) is 0. The molecule has 0 saturated carbocycles. The fourth-order valence-corrected chi connectivity index (χ4v) is 2.51. The Labute approximate surface area is 118 Å². The molecule has 1 atom stereocenters. The lowest BCUT2D eigenvalue weighted by molar-refractivity contribution is 0.0717. The molecule has 1 fully saturated rings. The highest BCUT2D eigenvalue weighted by molar-refractivity contribution is 4.77. The molecule has 1 aliphatic heterocycles. The van der Waals surface area contributed by atoms with Crippen LogP contribution in [0.1, 0.15) is 39.5 Å². The van der Waals surface area contributed by atoms with Gasteiger partial charge in [-0.25, -0.2) is 0 Å². The van der Waals surface area contributed by atoms with Crippen molar-refractivity contribution in [3.63, 3.8) is 0 Å². The molecule has 0 spiro atoms. The Morgan fingerprint density at radius 1 is 1.21 bits per heavy atom. The zero-order chi connectivity index (χ0) is 13.9. The van der Waals surface area contributed by atoms with Crippen molar-refractivity contribution in [2.75, 3.05) is 46.6 Å². The van der Waals surface area contributed by atoms with E-state index < -0.39 is 0 Å². The van der Waals surface area contributed by atoms with Gasteiger partial charge in [-0.2, -0.15) is 0 Å². The van der Waals surface area contributed by atoms with Gasteiger partial charge in [-0.05, 0) is 39.7 Å². The lowest BCUT2D eigenvalue weighted by Gasteiger charge is -2.33. The maximum absolute atomic E-state index is 5.66. The van der Waals surface area contributed by atoms with Gasteiger partial charge in [-0.3, -0.25) is 4.90 Å². The van der Waals surface area contributed by atoms with Crippen LogP contribution in [0.4, 0.5) is 0 Å². The zero-order valence-electron chi connectivity index (χ0n) is 13.0. The molecular weight excluding hydrogens is 240 g/mol. The average molecular weight is 272 g/mol. The summed E-state index contributed by atoms with van der Waals surface area (Å²) >= 11 is 0. The normalized spacial score (nSPS) is 20.4. The van der Waals surface area contributed by atoms with Crippen LogP contribution in [0.5, 0.6) is 0 Å². The molecule has 0 bridgehead atoms. The molecule has 114 valence electrons. The van der Waals surface area contributed by atoms with E-state index in [1.165, 1.54) is 25.8 Å². The fraction of sp³-hybridized carbons (Fsp3) is 1.00. The summed E-state index contributed by atoms with van der Waals surface area (Å²) in [5.41, 5.74) is 0. The predicted octanol–water partition coefficient (Wildman–Crippen LogP) is 1.89. The van der Waals surface area contributed by atoms with Crippen LogP contribution in [0.25, 0.3) is 0 Å². The van der Waals surface area contributed by atoms with Gasteiger partial charge in [-0.1, -0.05) is 6.42 Å². The zero-order valence-corrected chi connectivity index (χ0v) is 13.0. The van der Waals surface area contributed by atoms with Crippen LogP contribution >= 0.6 is 0 Å². The Morgan fingerprint density at radius 3 is 2.68 bits per heavy atom. The van der Waals surface area contributed by atoms with E-state index in [-0.39, 0.29) is 0 Å². The molecule has 1 heterocycles. The highest BCUT2D eigenvalue weighted by Crippen LogP contribution is 2.10. The molecule has 4 heteroatoms. The first-order valence-electron chi connectivity index (χ1n) is 7.78. The second-order valence-corrected chi connectivity index (χ2v) is 5.69. The van der Waals surface area contributed by atoms with Crippen LogP contribution in [-0.4, -0.2) is 63.5 Å². The summed E-state index contributed by atoms with van der Waals surface area (Å²) in [4.78, 5) is 2.53. The number of hydrogen-bond donors (Lipinski definition) is 1. The third kappa shape index (κ3) is 7.88. The third-order valence-electron chi connectivity index (χ3n) is 3.76. The van der Waals surface area contributed by atoms with Gasteiger partial charge in [0, 0.05) is 45.5 Å². The molecule has 1 rings (SSSR count). The van der Waals surface area contributed by atoms with E-state index in [4.69, 9.17) is 9.47 Å². The Balaban J connectivity index is 2.13. The SMILES string of the molecule is COCCCOCCN(CC1CCCCN1)C(C)C. The molecule has 1 aliphatic rings. The molecule has 1 N–H and O–H groups in total. The fourth-order valence-electron chi connectivity index (χ4n) is 2.51. The quantitative estimate of drug-likeness (QED) is 0.616. The lowest BCUT2D eigenvalue weighted by atomic mass is 10.0. The molecule has 0 aromatic carbocycles. The van der Waals surface area contributed by atoms with Crippen LogP contribution in [0.3, 0.4) is 0 Å². The smallest absolute Gasteiger partial charge is 0.0593 e. The van der Waals surface area contributed by atoms with Gasteiger partial charge in [0.15, 0.2) is 0 Å². The van der Waals surface area contributed by atoms with Gasteiger partial charge in [-0.15, -0.1) is 0 Å². The number of rotatable bonds is 10. The largest absolute Gasteiger partial charge is 0.385 e. The van der Waals surface area contributed by atoms with Crippen LogP contribution in [-0.2, 0) is 9.47 Å². The average Bonchev–Trinajstić information content (AvgIpc) is 2.42. The van der Waals surface area contributed by atoms with Crippen molar-refractivity contribution in [1.29, 1.82) is 0 Å². The molecule has 1 saturated heterocycles. The number of methoxy groups -OCH3 is 1. The Kier molecular flexibility index (Phi) is 9.43. The van der Waals surface area contributed by atoms with Crippen LogP contribution in [0.2, 0.25) is 0 Å². The van der Waals surface area contributed by atoms with Crippen molar-refractivity contribution >= 4 is 0 Å². The van der Waals surface area contributed by atoms with Gasteiger partial charge in [0.25, 0.3) is 0 Å². The molecule has 0 amide bonds. The summed E-state index contributed by atoms with van der Waals surface area (Å²) in [7, 11) is 1.73. The molecule has 0 aromatic heterocycles. The highest BCUT2D eigenvalue weighted by Gasteiger charge is 2.18. The summed E-state index contributed by atoms with van der Waals surface area (Å²) in [6, 6.07) is 1.26.